The number of hydrogen-bond acceptors (Lipinski definition) is 1. The molecule has 10 heavy (non-hydrogen) atoms. The lowest BCUT2D eigenvalue weighted by Gasteiger charge is -2.06. The molecule has 2 unspecified atom stereocenters. The van der Waals surface area contributed by atoms with E-state index in [2.05, 4.69) is 0 Å². The summed E-state index contributed by atoms with van der Waals surface area (Å²) in [6, 6.07) is 0. The third kappa shape index (κ3) is 3.53. The van der Waals surface area contributed by atoms with Gasteiger partial charge in [-0.2, -0.15) is 0 Å². The normalized spacial score (nSPS) is 32.7. The summed E-state index contributed by atoms with van der Waals surface area (Å²) in [6.07, 6.45) is 9.02. The number of aliphatic hydroxyl groups excluding tert-OH is 1. The first-order valence-corrected chi connectivity index (χ1v) is 5.59. The smallest absolute Gasteiger partial charge is 0.0702 e. The van der Waals surface area contributed by atoms with Gasteiger partial charge in [-0.25, -0.2) is 0 Å². The molecule has 1 saturated heterocycles. The van der Waals surface area contributed by atoms with E-state index in [4.69, 9.17) is 0 Å². The summed E-state index contributed by atoms with van der Waals surface area (Å²) in [4.78, 5) is 0. The number of hydrogen-bond donors (Lipinski definition) is 1. The van der Waals surface area contributed by atoms with Crippen LogP contribution in [0.5, 0.6) is 0 Å². The highest BCUT2D eigenvalue weighted by molar-refractivity contribution is 7.38. The lowest BCUT2D eigenvalue weighted by molar-refractivity contribution is 0.245. The van der Waals surface area contributed by atoms with E-state index in [1.807, 2.05) is 0 Å². The van der Waals surface area contributed by atoms with Crippen LogP contribution in [-0.4, -0.2) is 17.1 Å². The minimum atomic E-state index is 0.0399. The van der Waals surface area contributed by atoms with Crippen molar-refractivity contribution in [1.82, 2.24) is 0 Å². The molecule has 0 radical (unpaired) electrons. The Morgan fingerprint density at radius 2 is 1.70 bits per heavy atom. The Hall–Kier alpha value is 0.390. The Kier molecular flexibility index (Phi) is 4.32. The molecule has 60 valence electrons. The van der Waals surface area contributed by atoms with Crippen LogP contribution in [0, 0.1) is 0 Å². The van der Waals surface area contributed by atoms with Gasteiger partial charge in [0.05, 0.1) is 5.85 Å². The molecule has 1 rings (SSSR count). The molecule has 1 aliphatic rings. The molecule has 0 amide bonds. The van der Waals surface area contributed by atoms with Crippen molar-refractivity contribution >= 4 is 8.58 Å². The standard InChI is InChI=1S/C8H17OP/c9-8-6-4-2-1-3-5-7-10-8/h8-10H,1-7H2. The summed E-state index contributed by atoms with van der Waals surface area (Å²) in [5.74, 6) is 0.0399. The summed E-state index contributed by atoms with van der Waals surface area (Å²) in [5, 5.41) is 9.35. The van der Waals surface area contributed by atoms with Gasteiger partial charge in [0.1, 0.15) is 0 Å². The number of aliphatic hydroxyl groups is 1. The summed E-state index contributed by atoms with van der Waals surface area (Å²) < 4.78 is 0. The summed E-state index contributed by atoms with van der Waals surface area (Å²) in [6.45, 7) is 0. The predicted octanol–water partition coefficient (Wildman–Crippen LogP) is 2.34. The zero-order valence-corrected chi connectivity index (χ0v) is 7.47. The predicted molar refractivity (Wildman–Crippen MR) is 46.9 cm³/mol. The van der Waals surface area contributed by atoms with Gasteiger partial charge < -0.3 is 5.11 Å². The first-order valence-electron chi connectivity index (χ1n) is 4.31. The van der Waals surface area contributed by atoms with E-state index in [1.54, 1.807) is 0 Å². The van der Waals surface area contributed by atoms with E-state index in [-0.39, 0.29) is 5.85 Å². The van der Waals surface area contributed by atoms with E-state index >= 15 is 0 Å². The van der Waals surface area contributed by atoms with E-state index in [1.165, 1.54) is 38.3 Å². The number of rotatable bonds is 0. The second-order valence-corrected chi connectivity index (χ2v) is 4.60. The maximum atomic E-state index is 9.35. The van der Waals surface area contributed by atoms with Crippen molar-refractivity contribution in [2.24, 2.45) is 0 Å². The van der Waals surface area contributed by atoms with Gasteiger partial charge in [-0.1, -0.05) is 34.3 Å². The zero-order valence-electron chi connectivity index (χ0n) is 6.47. The van der Waals surface area contributed by atoms with Crippen molar-refractivity contribution in [3.8, 4) is 0 Å². The minimum Gasteiger partial charge on any atom is -0.389 e. The highest BCUT2D eigenvalue weighted by atomic mass is 31.1. The molecule has 0 aromatic rings. The fraction of sp³-hybridized carbons (Fsp3) is 1.00. The third-order valence-electron chi connectivity index (χ3n) is 2.03. The van der Waals surface area contributed by atoms with Gasteiger partial charge in [0, 0.05) is 0 Å². The van der Waals surface area contributed by atoms with E-state index in [0.717, 1.165) is 15.0 Å². The minimum absolute atomic E-state index is 0.0399. The molecule has 1 aliphatic heterocycles. The maximum absolute atomic E-state index is 9.35. The van der Waals surface area contributed by atoms with E-state index < -0.39 is 0 Å². The second-order valence-electron chi connectivity index (χ2n) is 3.03. The van der Waals surface area contributed by atoms with Crippen LogP contribution in [-0.2, 0) is 0 Å². The van der Waals surface area contributed by atoms with Gasteiger partial charge in [0.15, 0.2) is 0 Å². The van der Waals surface area contributed by atoms with Gasteiger partial charge in [0.2, 0.25) is 0 Å². The van der Waals surface area contributed by atoms with Gasteiger partial charge in [-0.05, 0) is 19.0 Å². The topological polar surface area (TPSA) is 20.2 Å². The molecular weight excluding hydrogens is 143 g/mol. The SMILES string of the molecule is OC1CCCCCCCP1. The average Bonchev–Trinajstić information content (AvgIpc) is 2.02. The molecule has 0 spiro atoms. The molecule has 2 atom stereocenters. The molecule has 0 aliphatic carbocycles. The van der Waals surface area contributed by atoms with Crippen LogP contribution in [0.15, 0.2) is 0 Å². The third-order valence-corrected chi connectivity index (χ3v) is 3.44. The second kappa shape index (κ2) is 5.09. The Bertz CT molecular complexity index is 75.3. The molecule has 1 heterocycles. The first kappa shape index (κ1) is 8.49. The van der Waals surface area contributed by atoms with Crippen molar-refractivity contribution in [1.29, 1.82) is 0 Å². The van der Waals surface area contributed by atoms with Gasteiger partial charge in [-0.15, -0.1) is 0 Å². The maximum Gasteiger partial charge on any atom is 0.0702 e. The summed E-state index contributed by atoms with van der Waals surface area (Å²) in [5.41, 5.74) is 0. The first-order chi connectivity index (χ1) is 4.89. The molecule has 2 heteroatoms. The van der Waals surface area contributed by atoms with Crippen LogP contribution in [0.3, 0.4) is 0 Å². The highest BCUT2D eigenvalue weighted by Crippen LogP contribution is 2.25. The zero-order chi connectivity index (χ0) is 7.23. The van der Waals surface area contributed by atoms with Crippen LogP contribution >= 0.6 is 8.58 Å². The summed E-state index contributed by atoms with van der Waals surface area (Å²) in [7, 11) is 0.815. The molecule has 0 aromatic carbocycles. The van der Waals surface area contributed by atoms with Gasteiger partial charge in [-0.3, -0.25) is 0 Å². The molecule has 1 fully saturated rings. The van der Waals surface area contributed by atoms with E-state index in [9.17, 15) is 5.11 Å². The molecule has 0 aromatic heterocycles. The lowest BCUT2D eigenvalue weighted by Crippen LogP contribution is -1.97. The molecule has 0 bridgehead atoms. The monoisotopic (exact) mass is 160 g/mol. The van der Waals surface area contributed by atoms with Crippen LogP contribution in [0.2, 0.25) is 0 Å². The van der Waals surface area contributed by atoms with Crippen molar-refractivity contribution in [2.75, 3.05) is 6.16 Å². The summed E-state index contributed by atoms with van der Waals surface area (Å²) >= 11 is 0. The van der Waals surface area contributed by atoms with Crippen LogP contribution in [0.1, 0.15) is 38.5 Å². The Labute approximate surface area is 65.0 Å². The van der Waals surface area contributed by atoms with Crippen molar-refractivity contribution in [2.45, 2.75) is 44.4 Å². The molecular formula is C8H17OP. The molecule has 1 N–H and O–H groups in total. The van der Waals surface area contributed by atoms with Crippen molar-refractivity contribution < 1.29 is 5.11 Å². The Morgan fingerprint density at radius 1 is 1.00 bits per heavy atom. The van der Waals surface area contributed by atoms with Gasteiger partial charge >= 0.3 is 0 Å². The molecule has 0 saturated carbocycles. The van der Waals surface area contributed by atoms with Crippen LogP contribution in [0.4, 0.5) is 0 Å². The van der Waals surface area contributed by atoms with Crippen molar-refractivity contribution in [3.05, 3.63) is 0 Å². The van der Waals surface area contributed by atoms with Gasteiger partial charge in [0.25, 0.3) is 0 Å². The highest BCUT2D eigenvalue weighted by Gasteiger charge is 2.05. The Morgan fingerprint density at radius 3 is 2.60 bits per heavy atom. The Balaban J connectivity index is 2.15. The largest absolute Gasteiger partial charge is 0.389 e. The van der Waals surface area contributed by atoms with E-state index in [0.29, 0.717) is 0 Å². The quantitative estimate of drug-likeness (QED) is 0.539. The van der Waals surface area contributed by atoms with Crippen LogP contribution in [0.25, 0.3) is 0 Å². The average molecular weight is 160 g/mol. The fourth-order valence-corrected chi connectivity index (χ4v) is 2.56. The lowest BCUT2D eigenvalue weighted by atomic mass is 10.1. The molecule has 1 nitrogen and oxygen atoms in total. The van der Waals surface area contributed by atoms with Crippen molar-refractivity contribution in [3.63, 3.8) is 0 Å². The fourth-order valence-electron chi connectivity index (χ4n) is 1.36. The van der Waals surface area contributed by atoms with Crippen LogP contribution < -0.4 is 0 Å².